The highest BCUT2D eigenvalue weighted by Gasteiger charge is 2.11. The Bertz CT molecular complexity index is 341. The maximum Gasteiger partial charge on any atom is 0.275 e. The van der Waals surface area contributed by atoms with E-state index in [2.05, 4.69) is 12.3 Å². The first-order valence-corrected chi connectivity index (χ1v) is 7.13. The monoisotopic (exact) mass is 259 g/mol. The van der Waals surface area contributed by atoms with Crippen LogP contribution in [0.3, 0.4) is 0 Å². The van der Waals surface area contributed by atoms with Gasteiger partial charge in [0, 0.05) is 17.5 Å². The van der Waals surface area contributed by atoms with E-state index in [1.165, 1.54) is 11.3 Å². The van der Waals surface area contributed by atoms with E-state index in [4.69, 9.17) is 11.6 Å². The van der Waals surface area contributed by atoms with Gasteiger partial charge >= 0.3 is 0 Å². The number of carbonyl (C=O) groups is 1. The molecule has 4 nitrogen and oxygen atoms in total. The number of nitrogen functional groups attached to an aromatic ring is 1. The summed E-state index contributed by atoms with van der Waals surface area (Å²) in [7, 11) is 0. The molecule has 0 saturated carbocycles. The summed E-state index contributed by atoms with van der Waals surface area (Å²) in [6.07, 6.45) is 0.979. The Labute approximate surface area is 104 Å². The Morgan fingerprint density at radius 2 is 2.44 bits per heavy atom. The molecule has 6 heteroatoms. The van der Waals surface area contributed by atoms with Crippen LogP contribution in [0.4, 0.5) is 0 Å². The number of amides is 1. The van der Waals surface area contributed by atoms with Gasteiger partial charge in [0.15, 0.2) is 0 Å². The minimum Gasteiger partial charge on any atom is -0.327 e. The van der Waals surface area contributed by atoms with Crippen molar-refractivity contribution in [2.75, 3.05) is 5.75 Å². The summed E-state index contributed by atoms with van der Waals surface area (Å²) in [5.41, 5.74) is 9.00. The van der Waals surface area contributed by atoms with Crippen molar-refractivity contribution in [3.8, 4) is 0 Å². The van der Waals surface area contributed by atoms with Gasteiger partial charge in [-0.05, 0) is 23.4 Å². The minimum absolute atomic E-state index is 0.217. The summed E-state index contributed by atoms with van der Waals surface area (Å²) >= 11 is 3.16. The van der Waals surface area contributed by atoms with Gasteiger partial charge in [-0.15, -0.1) is 11.3 Å². The Kier molecular flexibility index (Phi) is 5.83. The van der Waals surface area contributed by atoms with Gasteiger partial charge < -0.3 is 5.73 Å². The predicted octanol–water partition coefficient (Wildman–Crippen LogP) is 1.32. The van der Waals surface area contributed by atoms with E-state index in [0.717, 1.165) is 23.5 Å². The first-order chi connectivity index (χ1) is 7.69. The van der Waals surface area contributed by atoms with E-state index < -0.39 is 0 Å². The zero-order valence-electron chi connectivity index (χ0n) is 9.23. The van der Waals surface area contributed by atoms with Gasteiger partial charge in [0.1, 0.15) is 0 Å². The molecule has 0 aromatic carbocycles. The van der Waals surface area contributed by atoms with Crippen LogP contribution < -0.4 is 17.0 Å². The number of nitrogens with two attached hydrogens (primary N) is 2. The average Bonchev–Trinajstić information content (AvgIpc) is 2.76. The van der Waals surface area contributed by atoms with Crippen molar-refractivity contribution in [2.24, 2.45) is 11.6 Å². The van der Waals surface area contributed by atoms with E-state index in [0.29, 0.717) is 4.88 Å². The van der Waals surface area contributed by atoms with Crippen LogP contribution in [0, 0.1) is 0 Å². The third-order valence-electron chi connectivity index (χ3n) is 2.20. The molecule has 5 N–H and O–H groups in total. The molecule has 0 bridgehead atoms. The van der Waals surface area contributed by atoms with Crippen LogP contribution in [0.25, 0.3) is 0 Å². The average molecular weight is 259 g/mol. The van der Waals surface area contributed by atoms with Crippen LogP contribution in [0.2, 0.25) is 0 Å². The highest BCUT2D eigenvalue weighted by atomic mass is 32.2. The van der Waals surface area contributed by atoms with Gasteiger partial charge in [0.25, 0.3) is 5.91 Å². The molecule has 0 saturated heterocycles. The molecule has 1 aromatic rings. The second kappa shape index (κ2) is 6.90. The molecule has 16 heavy (non-hydrogen) atoms. The lowest BCUT2D eigenvalue weighted by Crippen LogP contribution is -2.29. The first-order valence-electron chi connectivity index (χ1n) is 5.09. The molecule has 90 valence electrons. The summed E-state index contributed by atoms with van der Waals surface area (Å²) in [4.78, 5) is 12.1. The van der Waals surface area contributed by atoms with Crippen molar-refractivity contribution in [2.45, 2.75) is 25.1 Å². The smallest absolute Gasteiger partial charge is 0.275 e. The van der Waals surface area contributed by atoms with Gasteiger partial charge in [0.2, 0.25) is 0 Å². The van der Waals surface area contributed by atoms with E-state index in [1.807, 2.05) is 11.4 Å². The molecule has 0 aliphatic heterocycles. The molecule has 1 heterocycles. The standard InChI is InChI=1S/C10H17N3OS2/c1-2-8(11)6-15-5-7-3-4-16-9(7)10(14)13-12/h3-4,8H,2,5-6,11-12H2,1H3,(H,13,14). The number of thioether (sulfide) groups is 1. The third-order valence-corrected chi connectivity index (χ3v) is 4.33. The molecule has 0 aliphatic rings. The van der Waals surface area contributed by atoms with Crippen molar-refractivity contribution in [3.63, 3.8) is 0 Å². The molecule has 0 radical (unpaired) electrons. The molecule has 1 aromatic heterocycles. The van der Waals surface area contributed by atoms with Crippen molar-refractivity contribution < 1.29 is 4.79 Å². The number of hydrazine groups is 1. The number of hydrogen-bond donors (Lipinski definition) is 3. The molecule has 1 rings (SSSR count). The molecule has 1 atom stereocenters. The van der Waals surface area contributed by atoms with Crippen molar-refractivity contribution in [3.05, 3.63) is 21.9 Å². The number of thiophene rings is 1. The lowest BCUT2D eigenvalue weighted by molar-refractivity contribution is 0.0957. The van der Waals surface area contributed by atoms with Crippen LogP contribution in [-0.4, -0.2) is 17.7 Å². The van der Waals surface area contributed by atoms with Crippen LogP contribution in [-0.2, 0) is 5.75 Å². The van der Waals surface area contributed by atoms with Gasteiger partial charge in [-0.25, -0.2) is 5.84 Å². The summed E-state index contributed by atoms with van der Waals surface area (Å²) in [5, 5.41) is 1.90. The third kappa shape index (κ3) is 3.79. The number of hydrogen-bond acceptors (Lipinski definition) is 5. The number of rotatable bonds is 6. The zero-order chi connectivity index (χ0) is 12.0. The minimum atomic E-state index is -0.217. The Balaban J connectivity index is 2.48. The summed E-state index contributed by atoms with van der Waals surface area (Å²) in [5.74, 6) is 6.61. The second-order valence-corrected chi connectivity index (χ2v) is 5.38. The lowest BCUT2D eigenvalue weighted by Gasteiger charge is -2.08. The molecular weight excluding hydrogens is 242 g/mol. The van der Waals surface area contributed by atoms with Gasteiger partial charge in [-0.3, -0.25) is 10.2 Å². The van der Waals surface area contributed by atoms with Crippen LogP contribution >= 0.6 is 23.1 Å². The van der Waals surface area contributed by atoms with Crippen LogP contribution in [0.1, 0.15) is 28.6 Å². The normalized spacial score (nSPS) is 12.4. The molecule has 1 amide bonds. The fourth-order valence-electron chi connectivity index (χ4n) is 1.15. The van der Waals surface area contributed by atoms with Crippen molar-refractivity contribution >= 4 is 29.0 Å². The second-order valence-electron chi connectivity index (χ2n) is 3.43. The molecule has 0 spiro atoms. The summed E-state index contributed by atoms with van der Waals surface area (Å²) < 4.78 is 0. The fraction of sp³-hybridized carbons (Fsp3) is 0.500. The topological polar surface area (TPSA) is 81.1 Å². The highest BCUT2D eigenvalue weighted by molar-refractivity contribution is 7.98. The fourth-order valence-corrected chi connectivity index (χ4v) is 3.19. The largest absolute Gasteiger partial charge is 0.327 e. The van der Waals surface area contributed by atoms with Crippen LogP contribution in [0.5, 0.6) is 0 Å². The Morgan fingerprint density at radius 1 is 1.69 bits per heavy atom. The van der Waals surface area contributed by atoms with Crippen molar-refractivity contribution in [1.82, 2.24) is 5.43 Å². The predicted molar refractivity (Wildman–Crippen MR) is 70.4 cm³/mol. The van der Waals surface area contributed by atoms with E-state index in [9.17, 15) is 4.79 Å². The summed E-state index contributed by atoms with van der Waals surface area (Å²) in [6, 6.07) is 2.19. The van der Waals surface area contributed by atoms with E-state index in [-0.39, 0.29) is 11.9 Å². The number of carbonyl (C=O) groups excluding carboxylic acids is 1. The van der Waals surface area contributed by atoms with Crippen molar-refractivity contribution in [1.29, 1.82) is 0 Å². The maximum absolute atomic E-state index is 11.4. The van der Waals surface area contributed by atoms with Gasteiger partial charge in [-0.2, -0.15) is 11.8 Å². The molecule has 1 unspecified atom stereocenters. The van der Waals surface area contributed by atoms with E-state index in [1.54, 1.807) is 11.8 Å². The number of nitrogens with one attached hydrogen (secondary N) is 1. The molecule has 0 aliphatic carbocycles. The SMILES string of the molecule is CCC(N)CSCc1ccsc1C(=O)NN. The first kappa shape index (κ1) is 13.5. The summed E-state index contributed by atoms with van der Waals surface area (Å²) in [6.45, 7) is 2.07. The molecule has 0 fully saturated rings. The van der Waals surface area contributed by atoms with Gasteiger partial charge in [0.05, 0.1) is 4.88 Å². The van der Waals surface area contributed by atoms with Gasteiger partial charge in [-0.1, -0.05) is 6.92 Å². The van der Waals surface area contributed by atoms with Crippen LogP contribution in [0.15, 0.2) is 11.4 Å². The zero-order valence-corrected chi connectivity index (χ0v) is 10.9. The molecular formula is C10H17N3OS2. The quantitative estimate of drug-likeness (QED) is 0.409. The van der Waals surface area contributed by atoms with E-state index >= 15 is 0 Å². The highest BCUT2D eigenvalue weighted by Crippen LogP contribution is 2.22. The lowest BCUT2D eigenvalue weighted by atomic mass is 10.3. The maximum atomic E-state index is 11.4. The Morgan fingerprint density at radius 3 is 3.06 bits per heavy atom. The Hall–Kier alpha value is -0.560.